The van der Waals surface area contributed by atoms with Crippen molar-refractivity contribution in [3.8, 4) is 22.8 Å². The van der Waals surface area contributed by atoms with Crippen LogP contribution in [0.4, 0.5) is 23.9 Å². The first kappa shape index (κ1) is 28.1. The highest BCUT2D eigenvalue weighted by molar-refractivity contribution is 5.94. The Hall–Kier alpha value is -5.01. The summed E-state index contributed by atoms with van der Waals surface area (Å²) in [7, 11) is 0. The lowest BCUT2D eigenvalue weighted by atomic mass is 10.00. The molecule has 1 fully saturated rings. The van der Waals surface area contributed by atoms with Crippen molar-refractivity contribution in [2.45, 2.75) is 51.6 Å². The maximum Gasteiger partial charge on any atom is 0.419 e. The van der Waals surface area contributed by atoms with Crippen LogP contribution in [-0.2, 0) is 17.5 Å². The van der Waals surface area contributed by atoms with Gasteiger partial charge in [0.05, 0.1) is 5.69 Å². The second kappa shape index (κ2) is 11.3. The molecule has 1 amide bonds. The number of halogens is 3. The molecule has 0 radical (unpaired) electrons. The van der Waals surface area contributed by atoms with Crippen LogP contribution in [0.5, 0.6) is 0 Å². The van der Waals surface area contributed by atoms with Gasteiger partial charge in [-0.2, -0.15) is 18.2 Å². The van der Waals surface area contributed by atoms with Gasteiger partial charge in [-0.3, -0.25) is 0 Å². The number of hydrogen-bond acceptors (Lipinski definition) is 9. The minimum atomic E-state index is -4.70. The summed E-state index contributed by atoms with van der Waals surface area (Å²) in [5, 5.41) is 7.40. The van der Waals surface area contributed by atoms with E-state index in [4.69, 9.17) is 9.26 Å². The van der Waals surface area contributed by atoms with Crippen LogP contribution in [0.2, 0.25) is 0 Å². The van der Waals surface area contributed by atoms with Gasteiger partial charge in [0.2, 0.25) is 17.7 Å². The zero-order valence-electron chi connectivity index (χ0n) is 23.2. The number of amides is 1. The van der Waals surface area contributed by atoms with Gasteiger partial charge < -0.3 is 24.5 Å². The number of aromatic nitrogens is 6. The quantitative estimate of drug-likeness (QED) is 0.243. The largest absolute Gasteiger partial charge is 0.445 e. The minimum Gasteiger partial charge on any atom is -0.445 e. The number of likely N-dealkylation sites (tertiary alicyclic amines) is 1. The maximum absolute atomic E-state index is 14.1. The Morgan fingerprint density at radius 1 is 1.14 bits per heavy atom. The molecule has 0 bridgehead atoms. The molecule has 1 aliphatic heterocycles. The number of ether oxygens (including phenoxy) is 1. The number of nitrogens with one attached hydrogen (secondary N) is 2. The number of fused-ring (bicyclic) bond motifs is 1. The van der Waals surface area contributed by atoms with Crippen molar-refractivity contribution in [3.05, 3.63) is 71.9 Å². The van der Waals surface area contributed by atoms with Crippen molar-refractivity contribution in [2.75, 3.05) is 11.9 Å². The van der Waals surface area contributed by atoms with Crippen molar-refractivity contribution < 1.29 is 27.2 Å². The Bertz CT molecular complexity index is 1760. The minimum absolute atomic E-state index is 0.0151. The van der Waals surface area contributed by atoms with E-state index in [-0.39, 0.29) is 48.3 Å². The summed E-state index contributed by atoms with van der Waals surface area (Å²) in [4.78, 5) is 34.3. The van der Waals surface area contributed by atoms with Crippen LogP contribution >= 0.6 is 0 Å². The predicted octanol–water partition coefficient (Wildman–Crippen LogP) is 6.00. The van der Waals surface area contributed by atoms with Crippen LogP contribution in [-0.4, -0.2) is 59.7 Å². The van der Waals surface area contributed by atoms with Gasteiger partial charge in [-0.1, -0.05) is 35.5 Å². The molecule has 0 unspecified atom stereocenters. The van der Waals surface area contributed by atoms with Gasteiger partial charge in [-0.05, 0) is 37.5 Å². The summed E-state index contributed by atoms with van der Waals surface area (Å²) in [6.45, 7) is 4.00. The molecule has 0 spiro atoms. The Kier molecular flexibility index (Phi) is 7.42. The number of piperidine rings is 1. The van der Waals surface area contributed by atoms with E-state index in [1.165, 1.54) is 6.20 Å². The molecule has 11 nitrogen and oxygen atoms in total. The van der Waals surface area contributed by atoms with Crippen molar-refractivity contribution >= 4 is 23.1 Å². The summed E-state index contributed by atoms with van der Waals surface area (Å²) < 4.78 is 52.8. The standard InChI is InChI=1S/C29H27F3N8O3/c1-16-8-9-19(14-40(16)28(41)42-15-18-6-4-3-5-7-18)36-27-34-13-22(29(30,31)32)24(38-27)21-12-33-25-20(21)10-11-23(37-25)26-35-17(2)43-39-26/h3-7,10-13,16,19H,8-9,14-15H2,1-2H3,(H,33,37)(H,34,36,38)/t16-,19-/m0/s1. The molecule has 222 valence electrons. The lowest BCUT2D eigenvalue weighted by Crippen LogP contribution is -2.50. The zero-order chi connectivity index (χ0) is 30.1. The number of anilines is 1. The fraction of sp³-hybridized carbons (Fsp3) is 0.310. The van der Waals surface area contributed by atoms with Crippen LogP contribution in [0.25, 0.3) is 33.8 Å². The van der Waals surface area contributed by atoms with E-state index < -0.39 is 17.8 Å². The van der Waals surface area contributed by atoms with Crippen molar-refractivity contribution in [3.63, 3.8) is 0 Å². The highest BCUT2D eigenvalue weighted by Gasteiger charge is 2.37. The Balaban J connectivity index is 1.24. The maximum atomic E-state index is 14.1. The average Bonchev–Trinajstić information content (AvgIpc) is 3.62. The number of pyridine rings is 1. The third-order valence-corrected chi connectivity index (χ3v) is 7.30. The second-order valence-corrected chi connectivity index (χ2v) is 10.3. The number of H-pyrrole nitrogens is 1. The van der Waals surface area contributed by atoms with E-state index in [0.29, 0.717) is 35.5 Å². The third kappa shape index (κ3) is 5.98. The number of rotatable bonds is 6. The topological polar surface area (TPSA) is 135 Å². The van der Waals surface area contributed by atoms with Crippen LogP contribution in [0.3, 0.4) is 0 Å². The van der Waals surface area contributed by atoms with Crippen molar-refractivity contribution in [2.24, 2.45) is 0 Å². The van der Waals surface area contributed by atoms with Crippen LogP contribution in [0.1, 0.15) is 36.8 Å². The number of alkyl halides is 3. The molecule has 6 rings (SSSR count). The number of benzene rings is 1. The van der Waals surface area contributed by atoms with Gasteiger partial charge in [-0.25, -0.2) is 19.7 Å². The van der Waals surface area contributed by atoms with Crippen LogP contribution in [0, 0.1) is 6.92 Å². The molecule has 5 aromatic rings. The molecule has 4 aromatic heterocycles. The average molecular weight is 593 g/mol. The molecule has 0 aliphatic carbocycles. The summed E-state index contributed by atoms with van der Waals surface area (Å²) in [6, 6.07) is 12.2. The molecule has 14 heteroatoms. The first-order valence-electron chi connectivity index (χ1n) is 13.6. The molecule has 43 heavy (non-hydrogen) atoms. The number of aromatic amines is 1. The van der Waals surface area contributed by atoms with E-state index in [2.05, 4.69) is 35.4 Å². The lowest BCUT2D eigenvalue weighted by molar-refractivity contribution is -0.137. The number of hydrogen-bond donors (Lipinski definition) is 2. The molecule has 2 N–H and O–H groups in total. The van der Waals surface area contributed by atoms with Gasteiger partial charge >= 0.3 is 12.3 Å². The van der Waals surface area contributed by atoms with Gasteiger partial charge in [0.15, 0.2) is 0 Å². The smallest absolute Gasteiger partial charge is 0.419 e. The monoisotopic (exact) mass is 592 g/mol. The molecule has 1 aromatic carbocycles. The van der Waals surface area contributed by atoms with Gasteiger partial charge in [0.25, 0.3) is 0 Å². The summed E-state index contributed by atoms with van der Waals surface area (Å²) in [6.07, 6.45) is -1.63. The fourth-order valence-corrected chi connectivity index (χ4v) is 5.06. The third-order valence-electron chi connectivity index (χ3n) is 7.30. The number of carbonyl (C=O) groups is 1. The lowest BCUT2D eigenvalue weighted by Gasteiger charge is -2.37. The van der Waals surface area contributed by atoms with E-state index in [9.17, 15) is 18.0 Å². The van der Waals surface area contributed by atoms with Crippen molar-refractivity contribution in [1.29, 1.82) is 0 Å². The molecular formula is C29H27F3N8O3. The number of carbonyl (C=O) groups excluding carboxylic acids is 1. The first-order valence-corrected chi connectivity index (χ1v) is 13.6. The van der Waals surface area contributed by atoms with E-state index in [1.54, 1.807) is 24.0 Å². The predicted molar refractivity (Wildman–Crippen MR) is 150 cm³/mol. The summed E-state index contributed by atoms with van der Waals surface area (Å²) in [5.74, 6) is 0.640. The fourth-order valence-electron chi connectivity index (χ4n) is 5.06. The van der Waals surface area contributed by atoms with E-state index >= 15 is 0 Å². The molecular weight excluding hydrogens is 565 g/mol. The summed E-state index contributed by atoms with van der Waals surface area (Å²) >= 11 is 0. The normalized spacial score (nSPS) is 17.3. The van der Waals surface area contributed by atoms with Crippen LogP contribution < -0.4 is 5.32 Å². The molecule has 0 saturated carbocycles. The highest BCUT2D eigenvalue weighted by atomic mass is 19.4. The SMILES string of the molecule is Cc1nc(-c2ccc3c(-c4nc(N[C@H]5CC[C@H](C)N(C(=O)OCc6ccccc6)C5)ncc4C(F)(F)F)c[nH]c3n2)no1. The van der Waals surface area contributed by atoms with Gasteiger partial charge in [0.1, 0.15) is 23.5 Å². The van der Waals surface area contributed by atoms with Crippen LogP contribution in [0.15, 0.2) is 59.4 Å². The Labute approximate surface area is 243 Å². The number of aryl methyl sites for hydroxylation is 1. The molecule has 1 saturated heterocycles. The molecule has 5 heterocycles. The van der Waals surface area contributed by atoms with E-state index in [1.807, 2.05) is 37.3 Å². The number of nitrogens with zero attached hydrogens (tertiary/aromatic N) is 6. The van der Waals surface area contributed by atoms with E-state index in [0.717, 1.165) is 11.8 Å². The summed E-state index contributed by atoms with van der Waals surface area (Å²) in [5.41, 5.74) is 0.526. The van der Waals surface area contributed by atoms with Gasteiger partial charge in [-0.15, -0.1) is 0 Å². The highest BCUT2D eigenvalue weighted by Crippen LogP contribution is 2.39. The Morgan fingerprint density at radius 3 is 2.70 bits per heavy atom. The second-order valence-electron chi connectivity index (χ2n) is 10.3. The molecule has 1 aliphatic rings. The Morgan fingerprint density at radius 2 is 1.95 bits per heavy atom. The zero-order valence-corrected chi connectivity index (χ0v) is 23.2. The first-order chi connectivity index (χ1) is 20.7. The van der Waals surface area contributed by atoms with Crippen molar-refractivity contribution in [1.82, 2.24) is 35.0 Å². The van der Waals surface area contributed by atoms with Gasteiger partial charge in [0, 0.05) is 48.9 Å². The molecule has 2 atom stereocenters.